The van der Waals surface area contributed by atoms with Gasteiger partial charge in [-0.25, -0.2) is 10.0 Å². The van der Waals surface area contributed by atoms with Crippen LogP contribution in [0.3, 0.4) is 0 Å². The van der Waals surface area contributed by atoms with Gasteiger partial charge in [0.25, 0.3) is 0 Å². The molecule has 254 valence electrons. The summed E-state index contributed by atoms with van der Waals surface area (Å²) in [6.07, 6.45) is 1.91. The quantitative estimate of drug-likeness (QED) is 0.129. The summed E-state index contributed by atoms with van der Waals surface area (Å²) in [5, 5.41) is 11.6. The first kappa shape index (κ1) is 32.0. The van der Waals surface area contributed by atoms with Gasteiger partial charge in [0.15, 0.2) is 8.07 Å². The largest absolute Gasteiger partial charge is 0.294 e. The lowest BCUT2D eigenvalue weighted by molar-refractivity contribution is 0.0843. The number of benzene rings is 6. The van der Waals surface area contributed by atoms with Crippen LogP contribution in [0, 0.1) is 6.92 Å². The fourth-order valence-corrected chi connectivity index (χ4v) is 12.8. The van der Waals surface area contributed by atoms with E-state index in [-0.39, 0.29) is 5.54 Å². The molecule has 8 aromatic rings. The minimum Gasteiger partial charge on any atom is -0.294 e. The van der Waals surface area contributed by atoms with Crippen LogP contribution in [0.5, 0.6) is 0 Å². The fourth-order valence-electron chi connectivity index (χ4n) is 7.98. The van der Waals surface area contributed by atoms with Gasteiger partial charge in [0.05, 0.1) is 33.6 Å². The Kier molecular flexibility index (Phi) is 7.61. The Balaban J connectivity index is 1.34. The molecule has 0 bridgehead atoms. The van der Waals surface area contributed by atoms with Crippen molar-refractivity contribution in [3.63, 3.8) is 0 Å². The fraction of sp³-hybridized carbons (Fsp3) is 0.109. The molecule has 1 aliphatic rings. The number of pyridine rings is 1. The highest BCUT2D eigenvalue weighted by atomic mass is 28.3. The van der Waals surface area contributed by atoms with Crippen LogP contribution in [0.1, 0.15) is 26.3 Å². The summed E-state index contributed by atoms with van der Waals surface area (Å²) in [5.41, 5.74) is 6.30. The van der Waals surface area contributed by atoms with Crippen molar-refractivity contribution in [1.29, 1.82) is 0 Å². The number of aryl methyl sites for hydroxylation is 1. The Morgan fingerprint density at radius 1 is 0.538 bits per heavy atom. The Hall–Kier alpha value is -5.95. The van der Waals surface area contributed by atoms with Crippen LogP contribution >= 0.6 is 0 Å². The minimum atomic E-state index is -2.96. The lowest BCUT2D eigenvalue weighted by atomic mass is 10.1. The molecule has 0 saturated heterocycles. The molecule has 0 aliphatic carbocycles. The number of anilines is 3. The van der Waals surface area contributed by atoms with Crippen molar-refractivity contribution >= 4 is 67.7 Å². The van der Waals surface area contributed by atoms with Gasteiger partial charge >= 0.3 is 0 Å². The standard InChI is InChI=1S/C46H40N4OSi/c1-33-28-29-47-45(30-33)48-41-23-12-11-22-39(41)40-27-26-38(32-44(40)48)52(35-17-7-5-8-18-35,36-19-9-6-10-20-36)37-21-15-16-34(31-37)49-42-24-13-14-25-43(42)50(51-49)46(2,3)4/h5-32H,1-4H3. The first-order chi connectivity index (χ1) is 25.3. The molecule has 6 heteroatoms. The first-order valence-corrected chi connectivity index (χ1v) is 19.9. The molecule has 0 amide bonds. The van der Waals surface area contributed by atoms with E-state index >= 15 is 0 Å². The molecule has 0 saturated carbocycles. The zero-order valence-corrected chi connectivity index (χ0v) is 30.9. The normalized spacial score (nSPS) is 13.2. The average molecular weight is 693 g/mol. The summed E-state index contributed by atoms with van der Waals surface area (Å²) >= 11 is 0. The summed E-state index contributed by atoms with van der Waals surface area (Å²) in [5.74, 6) is 0.922. The van der Waals surface area contributed by atoms with Gasteiger partial charge in [-0.3, -0.25) is 4.57 Å². The smallest absolute Gasteiger partial charge is 0.179 e. The molecule has 1 aliphatic heterocycles. The maximum Gasteiger partial charge on any atom is 0.179 e. The molecule has 6 aromatic carbocycles. The number of rotatable bonds is 6. The van der Waals surface area contributed by atoms with Crippen LogP contribution in [0.15, 0.2) is 170 Å². The Morgan fingerprint density at radius 3 is 1.87 bits per heavy atom. The number of fused-ring (bicyclic) bond motifs is 4. The predicted octanol–water partition coefficient (Wildman–Crippen LogP) is 8.47. The number of nitrogens with zero attached hydrogens (tertiary/aromatic N) is 4. The van der Waals surface area contributed by atoms with E-state index in [0.29, 0.717) is 0 Å². The lowest BCUT2D eigenvalue weighted by Crippen LogP contribution is -2.74. The number of para-hydroxylation sites is 3. The van der Waals surface area contributed by atoms with Gasteiger partial charge in [0.1, 0.15) is 5.82 Å². The molecule has 0 spiro atoms. The van der Waals surface area contributed by atoms with Crippen molar-refractivity contribution in [2.75, 3.05) is 10.1 Å². The van der Waals surface area contributed by atoms with E-state index in [1.165, 1.54) is 37.1 Å². The third kappa shape index (κ3) is 5.06. The second kappa shape index (κ2) is 12.4. The number of aromatic nitrogens is 2. The monoisotopic (exact) mass is 692 g/mol. The van der Waals surface area contributed by atoms with Crippen LogP contribution < -0.4 is 30.9 Å². The van der Waals surface area contributed by atoms with E-state index in [2.05, 4.69) is 196 Å². The lowest BCUT2D eigenvalue weighted by Gasteiger charge is -2.35. The summed E-state index contributed by atoms with van der Waals surface area (Å²) in [6, 6.07) is 59.7. The van der Waals surface area contributed by atoms with Gasteiger partial charge in [-0.05, 0) is 103 Å². The second-order valence-electron chi connectivity index (χ2n) is 14.6. The highest BCUT2D eigenvalue weighted by Crippen LogP contribution is 2.44. The van der Waals surface area contributed by atoms with Crippen molar-refractivity contribution < 1.29 is 4.94 Å². The van der Waals surface area contributed by atoms with Crippen LogP contribution in [-0.2, 0) is 4.94 Å². The second-order valence-corrected chi connectivity index (χ2v) is 18.4. The minimum absolute atomic E-state index is 0.241. The van der Waals surface area contributed by atoms with E-state index in [1.54, 1.807) is 0 Å². The highest BCUT2D eigenvalue weighted by molar-refractivity contribution is 7.20. The molecule has 2 aromatic heterocycles. The molecule has 0 fully saturated rings. The van der Waals surface area contributed by atoms with Gasteiger partial charge in [-0.1, -0.05) is 115 Å². The third-order valence-electron chi connectivity index (χ3n) is 10.3. The number of hydrogen-bond donors (Lipinski definition) is 0. The predicted molar refractivity (Wildman–Crippen MR) is 219 cm³/mol. The van der Waals surface area contributed by atoms with Crippen molar-refractivity contribution in [2.24, 2.45) is 0 Å². The molecule has 0 N–H and O–H groups in total. The summed E-state index contributed by atoms with van der Waals surface area (Å²) in [6.45, 7) is 8.65. The van der Waals surface area contributed by atoms with E-state index in [9.17, 15) is 0 Å². The average Bonchev–Trinajstić information content (AvgIpc) is 3.73. The maximum atomic E-state index is 6.70. The summed E-state index contributed by atoms with van der Waals surface area (Å²) in [4.78, 5) is 11.6. The number of hydroxylamine groups is 1. The van der Waals surface area contributed by atoms with E-state index in [0.717, 1.165) is 33.9 Å². The SMILES string of the molecule is Cc1ccnc(-n2c3ccccc3c3ccc([Si](c4ccccc4)(c4ccccc4)c4cccc(N5ON(C(C)(C)C)c6ccccc65)c4)cc32)c1. The molecule has 0 atom stereocenters. The van der Waals surface area contributed by atoms with Crippen molar-refractivity contribution in [1.82, 2.24) is 9.55 Å². The van der Waals surface area contributed by atoms with E-state index in [1.807, 2.05) is 16.3 Å². The molecule has 52 heavy (non-hydrogen) atoms. The molecule has 0 unspecified atom stereocenters. The van der Waals surface area contributed by atoms with Gasteiger partial charge in [0, 0.05) is 17.0 Å². The molecule has 3 heterocycles. The van der Waals surface area contributed by atoms with Crippen LogP contribution in [-0.4, -0.2) is 23.2 Å². The Labute approximate surface area is 305 Å². The van der Waals surface area contributed by atoms with Gasteiger partial charge in [0.2, 0.25) is 0 Å². The zero-order valence-electron chi connectivity index (χ0n) is 29.9. The molecule has 5 nitrogen and oxygen atoms in total. The topological polar surface area (TPSA) is 33.5 Å². The van der Waals surface area contributed by atoms with Gasteiger partial charge in [-0.15, -0.1) is 4.94 Å². The Bertz CT molecular complexity index is 2540. The van der Waals surface area contributed by atoms with E-state index in [4.69, 9.17) is 9.92 Å². The number of hydrogen-bond acceptors (Lipinski definition) is 4. The zero-order chi connectivity index (χ0) is 35.5. The third-order valence-corrected chi connectivity index (χ3v) is 15.0. The summed E-state index contributed by atoms with van der Waals surface area (Å²) < 4.78 is 2.34. The van der Waals surface area contributed by atoms with Crippen molar-refractivity contribution in [3.8, 4) is 5.82 Å². The molecular weight excluding hydrogens is 653 g/mol. The van der Waals surface area contributed by atoms with Gasteiger partial charge < -0.3 is 0 Å². The molecule has 9 rings (SSSR count). The van der Waals surface area contributed by atoms with Crippen LogP contribution in [0.4, 0.5) is 17.1 Å². The Morgan fingerprint density at radius 2 is 1.15 bits per heavy atom. The van der Waals surface area contributed by atoms with Crippen LogP contribution in [0.2, 0.25) is 0 Å². The highest BCUT2D eigenvalue weighted by Gasteiger charge is 2.43. The van der Waals surface area contributed by atoms with Crippen LogP contribution in [0.25, 0.3) is 27.6 Å². The molecule has 0 radical (unpaired) electrons. The maximum absolute atomic E-state index is 6.70. The summed E-state index contributed by atoms with van der Waals surface area (Å²) in [7, 11) is -2.96. The molecular formula is C46H40N4OSi. The van der Waals surface area contributed by atoms with Gasteiger partial charge in [-0.2, -0.15) is 5.06 Å². The van der Waals surface area contributed by atoms with E-state index < -0.39 is 8.07 Å². The van der Waals surface area contributed by atoms with Crippen molar-refractivity contribution in [2.45, 2.75) is 33.2 Å². The first-order valence-electron chi connectivity index (χ1n) is 17.9. The van der Waals surface area contributed by atoms with Crippen molar-refractivity contribution in [3.05, 3.63) is 176 Å².